The molecule has 0 aromatic heterocycles. The highest BCUT2D eigenvalue weighted by Gasteiger charge is 2.31. The maximum Gasteiger partial charge on any atom is 0.190 e. The minimum Gasteiger partial charge on any atom is -0.378 e. The maximum atomic E-state index is 5.77. The zero-order chi connectivity index (χ0) is 21.8. The molecule has 1 heterocycles. The molecular formula is C26H28N4S. The standard InChI is InChI=1S/C26H28N4S/c1-19-9-11-22(12-10-19)25-17-24(21-13-15-23(16-14-21)29(2)3)28-30(25)26(31)27-18-20-7-5-4-6-8-20/h4-16,25H,17-18H2,1-3H3,(H,27,31)/t25-/m1/s1. The number of thiocarbonyl (C=S) groups is 1. The van der Waals surface area contributed by atoms with Crippen molar-refractivity contribution < 1.29 is 0 Å². The molecule has 0 fully saturated rings. The van der Waals surface area contributed by atoms with Crippen LogP contribution in [0.4, 0.5) is 5.69 Å². The molecule has 158 valence electrons. The van der Waals surface area contributed by atoms with Crippen molar-refractivity contribution in [2.75, 3.05) is 19.0 Å². The Hall–Kier alpha value is -3.18. The number of rotatable bonds is 5. The molecule has 4 nitrogen and oxygen atoms in total. The quantitative estimate of drug-likeness (QED) is 0.560. The Balaban J connectivity index is 1.58. The Morgan fingerprint density at radius 1 is 1.00 bits per heavy atom. The van der Waals surface area contributed by atoms with Crippen LogP contribution in [-0.4, -0.2) is 29.9 Å². The normalized spacial score (nSPS) is 15.5. The lowest BCUT2D eigenvalue weighted by Gasteiger charge is -2.25. The molecule has 0 spiro atoms. The van der Waals surface area contributed by atoms with Gasteiger partial charge in [0, 0.05) is 32.7 Å². The fourth-order valence-electron chi connectivity index (χ4n) is 3.73. The average Bonchev–Trinajstić information content (AvgIpc) is 3.24. The molecule has 1 aliphatic heterocycles. The molecule has 3 aromatic rings. The lowest BCUT2D eigenvalue weighted by atomic mass is 9.98. The minimum atomic E-state index is 0.0832. The van der Waals surface area contributed by atoms with Gasteiger partial charge in [0.25, 0.3) is 0 Å². The van der Waals surface area contributed by atoms with Crippen molar-refractivity contribution in [2.24, 2.45) is 5.10 Å². The van der Waals surface area contributed by atoms with Gasteiger partial charge in [0.2, 0.25) is 0 Å². The molecule has 1 N–H and O–H groups in total. The summed E-state index contributed by atoms with van der Waals surface area (Å²) in [5.74, 6) is 0. The fourth-order valence-corrected chi connectivity index (χ4v) is 3.97. The molecule has 0 aliphatic carbocycles. The Morgan fingerprint density at radius 3 is 2.32 bits per heavy atom. The van der Waals surface area contributed by atoms with E-state index in [2.05, 4.69) is 77.8 Å². The van der Waals surface area contributed by atoms with Gasteiger partial charge in [-0.3, -0.25) is 0 Å². The van der Waals surface area contributed by atoms with E-state index in [4.69, 9.17) is 17.3 Å². The summed E-state index contributed by atoms with van der Waals surface area (Å²) in [4.78, 5) is 2.10. The van der Waals surface area contributed by atoms with Gasteiger partial charge < -0.3 is 10.2 Å². The lowest BCUT2D eigenvalue weighted by Crippen LogP contribution is -2.36. The number of hydrazone groups is 1. The third-order valence-electron chi connectivity index (χ3n) is 5.58. The third-order valence-corrected chi connectivity index (χ3v) is 5.92. The summed E-state index contributed by atoms with van der Waals surface area (Å²) in [6.07, 6.45) is 0.817. The molecule has 0 unspecified atom stereocenters. The minimum absolute atomic E-state index is 0.0832. The lowest BCUT2D eigenvalue weighted by molar-refractivity contribution is 0.364. The van der Waals surface area contributed by atoms with Gasteiger partial charge in [0.05, 0.1) is 11.8 Å². The zero-order valence-corrected chi connectivity index (χ0v) is 19.1. The van der Waals surface area contributed by atoms with Gasteiger partial charge in [-0.05, 0) is 48.0 Å². The predicted molar refractivity (Wildman–Crippen MR) is 134 cm³/mol. The SMILES string of the molecule is Cc1ccc([C@H]2CC(c3ccc(N(C)C)cc3)=NN2C(=S)NCc2ccccc2)cc1. The van der Waals surface area contributed by atoms with Crippen LogP contribution in [0.1, 0.15) is 34.7 Å². The van der Waals surface area contributed by atoms with Crippen molar-refractivity contribution in [1.82, 2.24) is 10.3 Å². The summed E-state index contributed by atoms with van der Waals surface area (Å²) in [6, 6.07) is 27.6. The first-order valence-corrected chi connectivity index (χ1v) is 10.9. The Bertz CT molecular complexity index is 1060. The highest BCUT2D eigenvalue weighted by molar-refractivity contribution is 7.80. The number of hydrogen-bond donors (Lipinski definition) is 1. The molecule has 1 atom stereocenters. The van der Waals surface area contributed by atoms with E-state index in [9.17, 15) is 0 Å². The van der Waals surface area contributed by atoms with Crippen LogP contribution in [0.2, 0.25) is 0 Å². The summed E-state index contributed by atoms with van der Waals surface area (Å²) in [6.45, 7) is 2.79. The average molecular weight is 429 g/mol. The molecular weight excluding hydrogens is 400 g/mol. The molecule has 4 rings (SSSR count). The van der Waals surface area contributed by atoms with Crippen LogP contribution in [0.3, 0.4) is 0 Å². The summed E-state index contributed by atoms with van der Waals surface area (Å²) in [7, 11) is 4.10. The Kier molecular flexibility index (Phi) is 6.33. The number of nitrogens with zero attached hydrogens (tertiary/aromatic N) is 3. The largest absolute Gasteiger partial charge is 0.378 e. The molecule has 3 aromatic carbocycles. The van der Waals surface area contributed by atoms with E-state index in [-0.39, 0.29) is 6.04 Å². The first-order valence-electron chi connectivity index (χ1n) is 10.5. The van der Waals surface area contributed by atoms with E-state index in [0.717, 1.165) is 17.7 Å². The van der Waals surface area contributed by atoms with Gasteiger partial charge in [-0.15, -0.1) is 0 Å². The van der Waals surface area contributed by atoms with Crippen LogP contribution >= 0.6 is 12.2 Å². The number of aryl methyl sites for hydroxylation is 1. The third kappa shape index (κ3) is 4.94. The summed E-state index contributed by atoms with van der Waals surface area (Å²) in [5, 5.41) is 11.0. The van der Waals surface area contributed by atoms with Crippen molar-refractivity contribution in [2.45, 2.75) is 25.9 Å². The number of nitrogens with one attached hydrogen (secondary N) is 1. The predicted octanol–water partition coefficient (Wildman–Crippen LogP) is 5.29. The summed E-state index contributed by atoms with van der Waals surface area (Å²) >= 11 is 5.77. The van der Waals surface area contributed by atoms with Crippen molar-refractivity contribution in [1.29, 1.82) is 0 Å². The fraction of sp³-hybridized carbons (Fsp3) is 0.231. The number of benzene rings is 3. The second-order valence-corrected chi connectivity index (χ2v) is 8.49. The second kappa shape index (κ2) is 9.31. The van der Waals surface area contributed by atoms with Gasteiger partial charge in [-0.2, -0.15) is 5.10 Å². The number of anilines is 1. The molecule has 0 radical (unpaired) electrons. The first kappa shape index (κ1) is 21.1. The molecule has 5 heteroatoms. The monoisotopic (exact) mass is 428 g/mol. The maximum absolute atomic E-state index is 5.77. The molecule has 31 heavy (non-hydrogen) atoms. The Labute approximate surface area is 190 Å². The smallest absolute Gasteiger partial charge is 0.190 e. The second-order valence-electron chi connectivity index (χ2n) is 8.11. The van der Waals surface area contributed by atoms with Crippen LogP contribution in [0.15, 0.2) is 84.0 Å². The van der Waals surface area contributed by atoms with Gasteiger partial charge in [0.15, 0.2) is 5.11 Å². The van der Waals surface area contributed by atoms with E-state index in [1.54, 1.807) is 0 Å². The summed E-state index contributed by atoms with van der Waals surface area (Å²) in [5.41, 5.74) is 7.03. The van der Waals surface area contributed by atoms with Gasteiger partial charge in [0.1, 0.15) is 0 Å². The van der Waals surface area contributed by atoms with Gasteiger partial charge in [-0.25, -0.2) is 5.01 Å². The Morgan fingerprint density at radius 2 is 1.68 bits per heavy atom. The van der Waals surface area contributed by atoms with Crippen molar-refractivity contribution in [3.05, 3.63) is 101 Å². The van der Waals surface area contributed by atoms with E-state index < -0.39 is 0 Å². The molecule has 0 saturated carbocycles. The zero-order valence-electron chi connectivity index (χ0n) is 18.2. The van der Waals surface area contributed by atoms with Crippen LogP contribution in [0.5, 0.6) is 0 Å². The van der Waals surface area contributed by atoms with E-state index in [1.807, 2.05) is 37.3 Å². The van der Waals surface area contributed by atoms with Gasteiger partial charge >= 0.3 is 0 Å². The van der Waals surface area contributed by atoms with E-state index in [1.165, 1.54) is 22.4 Å². The molecule has 0 saturated heterocycles. The molecule has 1 aliphatic rings. The first-order chi connectivity index (χ1) is 15.0. The van der Waals surface area contributed by atoms with Crippen molar-refractivity contribution >= 4 is 28.7 Å². The van der Waals surface area contributed by atoms with Crippen LogP contribution in [0, 0.1) is 6.92 Å². The summed E-state index contributed by atoms with van der Waals surface area (Å²) < 4.78 is 0. The van der Waals surface area contributed by atoms with Crippen molar-refractivity contribution in [3.8, 4) is 0 Å². The highest BCUT2D eigenvalue weighted by Crippen LogP contribution is 2.33. The van der Waals surface area contributed by atoms with Gasteiger partial charge in [-0.1, -0.05) is 72.3 Å². The van der Waals surface area contributed by atoms with Crippen LogP contribution < -0.4 is 10.2 Å². The van der Waals surface area contributed by atoms with Crippen LogP contribution in [0.25, 0.3) is 0 Å². The molecule has 0 amide bonds. The van der Waals surface area contributed by atoms with E-state index in [0.29, 0.717) is 11.7 Å². The van der Waals surface area contributed by atoms with Crippen LogP contribution in [-0.2, 0) is 6.54 Å². The van der Waals surface area contributed by atoms with E-state index >= 15 is 0 Å². The number of hydrogen-bond acceptors (Lipinski definition) is 3. The highest BCUT2D eigenvalue weighted by atomic mass is 32.1. The topological polar surface area (TPSA) is 30.9 Å². The molecule has 0 bridgehead atoms. The van der Waals surface area contributed by atoms with Crippen molar-refractivity contribution in [3.63, 3.8) is 0 Å².